The van der Waals surface area contributed by atoms with Crippen LogP contribution in [0.4, 0.5) is 5.69 Å². The van der Waals surface area contributed by atoms with E-state index in [1.54, 1.807) is 0 Å². The number of hydrogen-bond acceptors (Lipinski definition) is 6. The van der Waals surface area contributed by atoms with Gasteiger partial charge in [-0.3, -0.25) is 10.1 Å². The number of rotatable bonds is 5. The van der Waals surface area contributed by atoms with Crippen molar-refractivity contribution in [2.45, 2.75) is 30.8 Å². The summed E-state index contributed by atoms with van der Waals surface area (Å²) in [7, 11) is 0. The van der Waals surface area contributed by atoms with Crippen LogP contribution in [0, 0.1) is 10.1 Å². The molecular formula is C14H15NO7. The predicted octanol–water partition coefficient (Wildman–Crippen LogP) is 0.616. The first-order valence-corrected chi connectivity index (χ1v) is 6.50. The number of hydrogen-bond donors (Lipinski definition) is 3. The summed E-state index contributed by atoms with van der Waals surface area (Å²) in [5, 5.41) is 39.0. The maximum Gasteiger partial charge on any atom is 0.339 e. The van der Waals surface area contributed by atoms with Crippen LogP contribution in [0.2, 0.25) is 0 Å². The third kappa shape index (κ3) is 3.48. The second kappa shape index (κ2) is 6.22. The first-order valence-electron chi connectivity index (χ1n) is 6.50. The van der Waals surface area contributed by atoms with E-state index in [2.05, 4.69) is 0 Å². The zero-order chi connectivity index (χ0) is 16.3. The summed E-state index contributed by atoms with van der Waals surface area (Å²) < 4.78 is 5.44. The van der Waals surface area contributed by atoms with Gasteiger partial charge in [-0.05, 0) is 23.8 Å². The van der Waals surface area contributed by atoms with E-state index in [1.807, 2.05) is 0 Å². The number of aliphatic hydroxyl groups is 2. The molecule has 0 heterocycles. The molecule has 22 heavy (non-hydrogen) atoms. The topological polar surface area (TPSA) is 130 Å². The minimum Gasteiger partial charge on any atom is -0.479 e. The van der Waals surface area contributed by atoms with Gasteiger partial charge in [0.05, 0.1) is 17.6 Å². The fourth-order valence-electron chi connectivity index (χ4n) is 2.12. The minimum atomic E-state index is -2.09. The quantitative estimate of drug-likeness (QED) is 0.413. The van der Waals surface area contributed by atoms with Crippen molar-refractivity contribution in [2.24, 2.45) is 0 Å². The first-order chi connectivity index (χ1) is 10.3. The summed E-state index contributed by atoms with van der Waals surface area (Å²) in [6.45, 7) is 0.0928. The number of carboxylic acids is 1. The number of aliphatic carboxylic acids is 1. The summed E-state index contributed by atoms with van der Waals surface area (Å²) >= 11 is 0. The van der Waals surface area contributed by atoms with Crippen molar-refractivity contribution in [3.8, 4) is 0 Å². The average Bonchev–Trinajstić information content (AvgIpc) is 2.46. The predicted molar refractivity (Wildman–Crippen MR) is 74.0 cm³/mol. The van der Waals surface area contributed by atoms with Gasteiger partial charge in [0, 0.05) is 18.6 Å². The van der Waals surface area contributed by atoms with E-state index >= 15 is 0 Å². The van der Waals surface area contributed by atoms with Crippen molar-refractivity contribution in [2.75, 3.05) is 0 Å². The lowest BCUT2D eigenvalue weighted by Crippen LogP contribution is -2.46. The molecule has 3 atom stereocenters. The van der Waals surface area contributed by atoms with Crippen LogP contribution in [-0.2, 0) is 16.1 Å². The van der Waals surface area contributed by atoms with Gasteiger partial charge < -0.3 is 20.1 Å². The van der Waals surface area contributed by atoms with E-state index in [-0.39, 0.29) is 18.7 Å². The van der Waals surface area contributed by atoms with Crippen molar-refractivity contribution in [3.05, 3.63) is 52.1 Å². The number of aliphatic hydroxyl groups excluding tert-OH is 1. The van der Waals surface area contributed by atoms with E-state index in [1.165, 1.54) is 30.3 Å². The second-order valence-corrected chi connectivity index (χ2v) is 5.06. The number of benzene rings is 1. The van der Waals surface area contributed by atoms with Crippen molar-refractivity contribution >= 4 is 11.7 Å². The molecule has 1 aromatic carbocycles. The lowest BCUT2D eigenvalue weighted by molar-refractivity contribution is -0.384. The van der Waals surface area contributed by atoms with Crippen molar-refractivity contribution < 1.29 is 29.8 Å². The van der Waals surface area contributed by atoms with Crippen LogP contribution in [0.15, 0.2) is 36.4 Å². The Morgan fingerprint density at radius 2 is 2.05 bits per heavy atom. The zero-order valence-electron chi connectivity index (χ0n) is 11.5. The molecule has 0 aliphatic heterocycles. The third-order valence-electron chi connectivity index (χ3n) is 3.42. The number of non-ortho nitro benzene ring substituents is 1. The summed E-state index contributed by atoms with van der Waals surface area (Å²) in [6, 6.07) is 5.75. The first kappa shape index (κ1) is 16.1. The van der Waals surface area contributed by atoms with Gasteiger partial charge >= 0.3 is 5.97 Å². The molecule has 1 aliphatic carbocycles. The van der Waals surface area contributed by atoms with Gasteiger partial charge in [0.1, 0.15) is 6.10 Å². The van der Waals surface area contributed by atoms with Crippen LogP contribution in [0.3, 0.4) is 0 Å². The van der Waals surface area contributed by atoms with Crippen molar-refractivity contribution in [3.63, 3.8) is 0 Å². The standard InChI is InChI=1S/C14H15NO7/c16-11-7-14(19,13(17)18)6-5-12(11)22-8-9-1-3-10(4-2-9)15(20)21/h1-6,11-12,16,19H,7-8H2,(H,17,18)/t11?,12-,14+/m1/s1. The van der Waals surface area contributed by atoms with E-state index in [9.17, 15) is 25.1 Å². The fourth-order valence-corrected chi connectivity index (χ4v) is 2.12. The van der Waals surface area contributed by atoms with Crippen molar-refractivity contribution in [1.29, 1.82) is 0 Å². The Balaban J connectivity index is 1.97. The molecule has 0 bridgehead atoms. The normalized spacial score (nSPS) is 27.5. The van der Waals surface area contributed by atoms with E-state index < -0.39 is 28.7 Å². The van der Waals surface area contributed by atoms with Gasteiger partial charge in [0.2, 0.25) is 0 Å². The second-order valence-electron chi connectivity index (χ2n) is 5.06. The van der Waals surface area contributed by atoms with Gasteiger partial charge in [-0.1, -0.05) is 6.08 Å². The Kier molecular flexibility index (Phi) is 4.55. The summed E-state index contributed by atoms with van der Waals surface area (Å²) in [5.41, 5.74) is -1.45. The number of nitro benzene ring substituents is 1. The maximum atomic E-state index is 10.9. The molecular weight excluding hydrogens is 294 g/mol. The van der Waals surface area contributed by atoms with Gasteiger partial charge in [-0.2, -0.15) is 0 Å². The highest BCUT2D eigenvalue weighted by atomic mass is 16.6. The summed E-state index contributed by atoms with van der Waals surface area (Å²) in [5.74, 6) is -1.43. The number of nitrogens with zero attached hydrogens (tertiary/aromatic N) is 1. The van der Waals surface area contributed by atoms with Gasteiger partial charge in [-0.15, -0.1) is 0 Å². The van der Waals surface area contributed by atoms with Crippen LogP contribution >= 0.6 is 0 Å². The Morgan fingerprint density at radius 3 is 2.55 bits per heavy atom. The fraction of sp³-hybridized carbons (Fsp3) is 0.357. The van der Waals surface area contributed by atoms with Crippen LogP contribution in [-0.4, -0.2) is 44.0 Å². The average molecular weight is 309 g/mol. The smallest absolute Gasteiger partial charge is 0.339 e. The Hall–Kier alpha value is -2.29. The maximum absolute atomic E-state index is 10.9. The molecule has 0 aromatic heterocycles. The Morgan fingerprint density at radius 1 is 1.41 bits per heavy atom. The molecule has 1 aliphatic rings. The van der Waals surface area contributed by atoms with Crippen LogP contribution < -0.4 is 0 Å². The highest BCUT2D eigenvalue weighted by molar-refractivity contribution is 5.80. The highest BCUT2D eigenvalue weighted by Crippen LogP contribution is 2.25. The molecule has 0 radical (unpaired) electrons. The Bertz CT molecular complexity index is 598. The molecule has 118 valence electrons. The third-order valence-corrected chi connectivity index (χ3v) is 3.42. The number of carbonyl (C=O) groups is 1. The van der Waals surface area contributed by atoms with E-state index in [4.69, 9.17) is 9.84 Å². The molecule has 8 heteroatoms. The summed E-state index contributed by atoms with van der Waals surface area (Å²) in [4.78, 5) is 20.9. The Labute approximate surface area is 125 Å². The highest BCUT2D eigenvalue weighted by Gasteiger charge is 2.41. The molecule has 2 rings (SSSR count). The van der Waals surface area contributed by atoms with E-state index in [0.717, 1.165) is 6.08 Å². The van der Waals surface area contributed by atoms with Gasteiger partial charge in [0.25, 0.3) is 5.69 Å². The number of carboxylic acid groups (broad SMARTS) is 1. The molecule has 3 N–H and O–H groups in total. The van der Waals surface area contributed by atoms with Crippen LogP contribution in [0.5, 0.6) is 0 Å². The molecule has 1 aromatic rings. The zero-order valence-corrected chi connectivity index (χ0v) is 11.5. The van der Waals surface area contributed by atoms with Crippen molar-refractivity contribution in [1.82, 2.24) is 0 Å². The molecule has 1 unspecified atom stereocenters. The molecule has 0 amide bonds. The molecule has 0 saturated carbocycles. The lowest BCUT2D eigenvalue weighted by Gasteiger charge is -2.31. The molecule has 0 spiro atoms. The lowest BCUT2D eigenvalue weighted by atomic mass is 9.87. The number of nitro groups is 1. The van der Waals surface area contributed by atoms with Crippen LogP contribution in [0.25, 0.3) is 0 Å². The molecule has 0 fully saturated rings. The SMILES string of the molecule is O=C(O)[C@]1(O)C=C[C@@H](OCc2ccc([N+](=O)[O-])cc2)C(O)C1. The monoisotopic (exact) mass is 309 g/mol. The molecule has 0 saturated heterocycles. The summed E-state index contributed by atoms with van der Waals surface area (Å²) in [6.07, 6.45) is 0.0963. The van der Waals surface area contributed by atoms with E-state index in [0.29, 0.717) is 5.56 Å². The molecule has 8 nitrogen and oxygen atoms in total. The van der Waals surface area contributed by atoms with Crippen LogP contribution in [0.1, 0.15) is 12.0 Å². The minimum absolute atomic E-state index is 0.0344. The van der Waals surface area contributed by atoms with Gasteiger partial charge in [0.15, 0.2) is 5.60 Å². The van der Waals surface area contributed by atoms with Gasteiger partial charge in [-0.25, -0.2) is 4.79 Å². The largest absolute Gasteiger partial charge is 0.479 e. The number of ether oxygens (including phenoxy) is 1.